The van der Waals surface area contributed by atoms with Crippen molar-refractivity contribution in [2.45, 2.75) is 51.0 Å². The number of para-hydroxylation sites is 1. The van der Waals surface area contributed by atoms with Crippen LogP contribution in [0.5, 0.6) is 11.5 Å². The lowest BCUT2D eigenvalue weighted by atomic mass is 10.1. The van der Waals surface area contributed by atoms with Crippen LogP contribution >= 0.6 is 11.8 Å². The SMILES string of the molecule is CSc1ncc(N[C@H](C)c2ccc(Oc3ccccc3)cc2)c(=O)n1CC(=O)OC(C)(C)C. The van der Waals surface area contributed by atoms with E-state index < -0.39 is 11.6 Å². The van der Waals surface area contributed by atoms with Crippen molar-refractivity contribution in [2.75, 3.05) is 11.6 Å². The molecule has 0 radical (unpaired) electrons. The van der Waals surface area contributed by atoms with Gasteiger partial charge in [0.05, 0.1) is 6.20 Å². The summed E-state index contributed by atoms with van der Waals surface area (Å²) in [6.45, 7) is 7.12. The summed E-state index contributed by atoms with van der Waals surface area (Å²) in [7, 11) is 0. The van der Waals surface area contributed by atoms with Crippen LogP contribution in [0.15, 0.2) is 70.7 Å². The first-order chi connectivity index (χ1) is 15.7. The summed E-state index contributed by atoms with van der Waals surface area (Å²) in [5, 5.41) is 3.66. The molecule has 0 saturated heterocycles. The van der Waals surface area contributed by atoms with Crippen molar-refractivity contribution in [2.24, 2.45) is 0 Å². The second-order valence-corrected chi connectivity index (χ2v) is 9.26. The van der Waals surface area contributed by atoms with E-state index in [2.05, 4.69) is 10.3 Å². The molecule has 1 heterocycles. The van der Waals surface area contributed by atoms with Crippen molar-refractivity contribution in [3.05, 3.63) is 76.7 Å². The number of carbonyl (C=O) groups is 1. The van der Waals surface area contributed by atoms with E-state index in [1.807, 2.05) is 67.8 Å². The molecule has 8 heteroatoms. The Morgan fingerprint density at radius 3 is 2.33 bits per heavy atom. The molecule has 0 amide bonds. The molecule has 2 aromatic carbocycles. The van der Waals surface area contributed by atoms with Crippen LogP contribution in [0.25, 0.3) is 0 Å². The lowest BCUT2D eigenvalue weighted by molar-refractivity contribution is -0.155. The zero-order chi connectivity index (χ0) is 24.0. The van der Waals surface area contributed by atoms with Gasteiger partial charge < -0.3 is 14.8 Å². The monoisotopic (exact) mass is 467 g/mol. The van der Waals surface area contributed by atoms with Crippen molar-refractivity contribution >= 4 is 23.4 Å². The maximum Gasteiger partial charge on any atom is 0.326 e. The summed E-state index contributed by atoms with van der Waals surface area (Å²) in [4.78, 5) is 29.8. The summed E-state index contributed by atoms with van der Waals surface area (Å²) in [5.74, 6) is 1.01. The predicted molar refractivity (Wildman–Crippen MR) is 131 cm³/mol. The molecule has 0 saturated carbocycles. The predicted octanol–water partition coefficient (Wildman–Crippen LogP) is 5.27. The third kappa shape index (κ3) is 6.86. The van der Waals surface area contributed by atoms with E-state index >= 15 is 0 Å². The van der Waals surface area contributed by atoms with E-state index in [0.717, 1.165) is 17.1 Å². The fourth-order valence-electron chi connectivity index (χ4n) is 3.15. The van der Waals surface area contributed by atoms with Crippen LogP contribution in [0, 0.1) is 0 Å². The fraction of sp³-hybridized carbons (Fsp3) is 0.320. The number of hydrogen-bond acceptors (Lipinski definition) is 7. The van der Waals surface area contributed by atoms with Crippen LogP contribution in [-0.4, -0.2) is 27.4 Å². The number of nitrogens with zero attached hydrogens (tertiary/aromatic N) is 2. The highest BCUT2D eigenvalue weighted by Crippen LogP contribution is 2.24. The summed E-state index contributed by atoms with van der Waals surface area (Å²) < 4.78 is 12.5. The molecule has 0 fully saturated rings. The number of hydrogen-bond donors (Lipinski definition) is 1. The number of carbonyl (C=O) groups excluding carboxylic acids is 1. The number of aromatic nitrogens is 2. The van der Waals surface area contributed by atoms with E-state index in [9.17, 15) is 9.59 Å². The molecule has 3 rings (SSSR count). The van der Waals surface area contributed by atoms with Crippen molar-refractivity contribution in [1.29, 1.82) is 0 Å². The lowest BCUT2D eigenvalue weighted by Crippen LogP contribution is -2.33. The molecule has 0 aliphatic rings. The van der Waals surface area contributed by atoms with Gasteiger partial charge in [-0.15, -0.1) is 0 Å². The Kier molecular flexibility index (Phi) is 7.81. The number of nitrogens with one attached hydrogen (secondary N) is 1. The Labute approximate surface area is 198 Å². The Balaban J connectivity index is 1.74. The number of benzene rings is 2. The number of esters is 1. The van der Waals surface area contributed by atoms with Gasteiger partial charge in [-0.05, 0) is 63.8 Å². The fourth-order valence-corrected chi connectivity index (χ4v) is 3.67. The normalized spacial score (nSPS) is 12.2. The maximum atomic E-state index is 13.1. The van der Waals surface area contributed by atoms with E-state index in [-0.39, 0.29) is 18.1 Å². The molecule has 0 spiro atoms. The molecule has 1 atom stereocenters. The molecule has 0 aliphatic heterocycles. The van der Waals surface area contributed by atoms with Crippen LogP contribution in [0.3, 0.4) is 0 Å². The van der Waals surface area contributed by atoms with Gasteiger partial charge in [-0.1, -0.05) is 42.1 Å². The van der Waals surface area contributed by atoms with Gasteiger partial charge in [0.15, 0.2) is 5.16 Å². The zero-order valence-corrected chi connectivity index (χ0v) is 20.3. The first-order valence-electron chi connectivity index (χ1n) is 10.6. The standard InChI is InChI=1S/C25H29N3O4S/c1-17(18-11-13-20(14-12-18)31-19-9-7-6-8-10-19)27-21-15-26-24(33-5)28(23(21)30)16-22(29)32-25(2,3)4/h6-15,17,27H,16H2,1-5H3/t17-/m1/s1. The van der Waals surface area contributed by atoms with E-state index in [1.165, 1.54) is 22.5 Å². The summed E-state index contributed by atoms with van der Waals surface area (Å²) >= 11 is 1.30. The van der Waals surface area contributed by atoms with Gasteiger partial charge in [-0.3, -0.25) is 14.2 Å². The van der Waals surface area contributed by atoms with Crippen LogP contribution in [0.2, 0.25) is 0 Å². The van der Waals surface area contributed by atoms with Gasteiger partial charge in [0.2, 0.25) is 0 Å². The van der Waals surface area contributed by atoms with E-state index in [0.29, 0.717) is 10.8 Å². The third-order valence-electron chi connectivity index (χ3n) is 4.63. The number of ether oxygens (including phenoxy) is 2. The van der Waals surface area contributed by atoms with E-state index in [1.54, 1.807) is 20.8 Å². The average Bonchev–Trinajstić information content (AvgIpc) is 2.76. The van der Waals surface area contributed by atoms with Gasteiger partial charge in [-0.2, -0.15) is 0 Å². The first-order valence-corrected chi connectivity index (χ1v) is 11.8. The number of thioether (sulfide) groups is 1. The average molecular weight is 468 g/mol. The molecule has 0 unspecified atom stereocenters. The van der Waals surface area contributed by atoms with Crippen molar-refractivity contribution < 1.29 is 14.3 Å². The quantitative estimate of drug-likeness (QED) is 0.274. The molecule has 0 aliphatic carbocycles. The number of anilines is 1. The highest BCUT2D eigenvalue weighted by Gasteiger charge is 2.20. The van der Waals surface area contributed by atoms with Crippen LogP contribution in [0.1, 0.15) is 39.3 Å². The Bertz CT molecular complexity index is 1140. The van der Waals surface area contributed by atoms with Crippen LogP contribution in [-0.2, 0) is 16.1 Å². The summed E-state index contributed by atoms with van der Waals surface area (Å²) in [6.07, 6.45) is 3.31. The molecule has 1 N–H and O–H groups in total. The van der Waals surface area contributed by atoms with Crippen LogP contribution < -0.4 is 15.6 Å². The molecular weight excluding hydrogens is 438 g/mol. The van der Waals surface area contributed by atoms with Gasteiger partial charge >= 0.3 is 5.97 Å². The molecular formula is C25H29N3O4S. The van der Waals surface area contributed by atoms with Gasteiger partial charge in [0, 0.05) is 6.04 Å². The minimum Gasteiger partial charge on any atom is -0.459 e. The molecule has 0 bridgehead atoms. The smallest absolute Gasteiger partial charge is 0.326 e. The van der Waals surface area contributed by atoms with Crippen molar-refractivity contribution in [1.82, 2.24) is 9.55 Å². The van der Waals surface area contributed by atoms with Crippen molar-refractivity contribution in [3.63, 3.8) is 0 Å². The molecule has 7 nitrogen and oxygen atoms in total. The minimum absolute atomic E-state index is 0.166. The molecule has 1 aromatic heterocycles. The highest BCUT2D eigenvalue weighted by molar-refractivity contribution is 7.98. The van der Waals surface area contributed by atoms with Crippen LogP contribution in [0.4, 0.5) is 5.69 Å². The zero-order valence-electron chi connectivity index (χ0n) is 19.5. The van der Waals surface area contributed by atoms with Gasteiger partial charge in [-0.25, -0.2) is 4.98 Å². The van der Waals surface area contributed by atoms with Gasteiger partial charge in [0.25, 0.3) is 5.56 Å². The first kappa shape index (κ1) is 24.4. The second-order valence-electron chi connectivity index (χ2n) is 8.49. The summed E-state index contributed by atoms with van der Waals surface area (Å²) in [5.41, 5.74) is 0.334. The minimum atomic E-state index is -0.631. The van der Waals surface area contributed by atoms with Gasteiger partial charge in [0.1, 0.15) is 29.3 Å². The Morgan fingerprint density at radius 1 is 1.09 bits per heavy atom. The summed E-state index contributed by atoms with van der Waals surface area (Å²) in [6, 6.07) is 17.1. The van der Waals surface area contributed by atoms with Crippen molar-refractivity contribution in [3.8, 4) is 11.5 Å². The second kappa shape index (κ2) is 10.6. The molecule has 174 valence electrons. The Morgan fingerprint density at radius 2 is 1.73 bits per heavy atom. The number of rotatable bonds is 8. The molecule has 33 heavy (non-hydrogen) atoms. The lowest BCUT2D eigenvalue weighted by Gasteiger charge is -2.21. The topological polar surface area (TPSA) is 82.5 Å². The maximum absolute atomic E-state index is 13.1. The Hall–Kier alpha value is -3.26. The largest absolute Gasteiger partial charge is 0.459 e. The van der Waals surface area contributed by atoms with E-state index in [4.69, 9.17) is 9.47 Å². The molecule has 3 aromatic rings. The highest BCUT2D eigenvalue weighted by atomic mass is 32.2. The third-order valence-corrected chi connectivity index (χ3v) is 5.32.